The summed E-state index contributed by atoms with van der Waals surface area (Å²) in [5.41, 5.74) is 4.91. The van der Waals surface area contributed by atoms with Crippen LogP contribution in [-0.2, 0) is 20.7 Å². The number of hydrogen-bond acceptors (Lipinski definition) is 6. The summed E-state index contributed by atoms with van der Waals surface area (Å²) >= 11 is 0. The molecule has 0 atom stereocenters. The van der Waals surface area contributed by atoms with Gasteiger partial charge in [-0.3, -0.25) is 10.1 Å². The summed E-state index contributed by atoms with van der Waals surface area (Å²) in [5, 5.41) is 2.56. The molecule has 1 heterocycles. The van der Waals surface area contributed by atoms with Gasteiger partial charge < -0.3 is 9.47 Å². The van der Waals surface area contributed by atoms with E-state index in [1.54, 1.807) is 12.4 Å². The molecule has 1 amide bonds. The number of aromatic nitrogens is 2. The molecule has 2 aromatic carbocycles. The molecule has 0 saturated heterocycles. The molecule has 4 rings (SSSR count). The van der Waals surface area contributed by atoms with Gasteiger partial charge in [-0.2, -0.15) is 0 Å². The van der Waals surface area contributed by atoms with E-state index in [0.29, 0.717) is 6.42 Å². The number of nitrogens with zero attached hydrogens (tertiary/aromatic N) is 2. The first-order valence-electron chi connectivity index (χ1n) is 10.9. The van der Waals surface area contributed by atoms with Crippen LogP contribution in [0, 0.1) is 0 Å². The first kappa shape index (κ1) is 22.5. The van der Waals surface area contributed by atoms with Gasteiger partial charge in [0, 0.05) is 24.7 Å². The van der Waals surface area contributed by atoms with Crippen LogP contribution in [0.1, 0.15) is 49.8 Å². The topological polar surface area (TPSA) is 90.4 Å². The van der Waals surface area contributed by atoms with E-state index < -0.39 is 11.7 Å². The molecule has 0 saturated carbocycles. The molecule has 33 heavy (non-hydrogen) atoms. The summed E-state index contributed by atoms with van der Waals surface area (Å²) < 4.78 is 10.8. The molecule has 1 aliphatic rings. The quantitative estimate of drug-likeness (QED) is 0.530. The van der Waals surface area contributed by atoms with Crippen molar-refractivity contribution in [1.29, 1.82) is 0 Å². The van der Waals surface area contributed by atoms with Crippen LogP contribution < -0.4 is 5.32 Å². The minimum atomic E-state index is -0.613. The number of fused-ring (bicyclic) bond motifs is 3. The minimum Gasteiger partial charge on any atom is -0.460 e. The molecule has 1 aliphatic carbocycles. The summed E-state index contributed by atoms with van der Waals surface area (Å²) in [7, 11) is 0. The van der Waals surface area contributed by atoms with Crippen LogP contribution >= 0.6 is 0 Å². The van der Waals surface area contributed by atoms with E-state index in [1.165, 1.54) is 11.1 Å². The van der Waals surface area contributed by atoms with E-state index >= 15 is 0 Å². The fraction of sp³-hybridized carbons (Fsp3) is 0.308. The average molecular weight is 446 g/mol. The molecule has 1 N–H and O–H groups in total. The van der Waals surface area contributed by atoms with Crippen LogP contribution in [0.2, 0.25) is 0 Å². The lowest BCUT2D eigenvalue weighted by Gasteiger charge is -2.19. The van der Waals surface area contributed by atoms with E-state index in [1.807, 2.05) is 45.0 Å². The van der Waals surface area contributed by atoms with E-state index in [-0.39, 0.29) is 30.9 Å². The number of amides is 1. The molecule has 1 aromatic heterocycles. The summed E-state index contributed by atoms with van der Waals surface area (Å²) in [5.74, 6) is -0.143. The maximum atomic E-state index is 12.4. The molecule has 0 spiro atoms. The summed E-state index contributed by atoms with van der Waals surface area (Å²) in [6.45, 7) is 5.71. The number of rotatable bonds is 6. The van der Waals surface area contributed by atoms with Crippen molar-refractivity contribution in [1.82, 2.24) is 9.97 Å². The van der Waals surface area contributed by atoms with Crippen molar-refractivity contribution in [2.24, 2.45) is 0 Å². The molecule has 0 aliphatic heterocycles. The second-order valence-electron chi connectivity index (χ2n) is 8.95. The monoisotopic (exact) mass is 445 g/mol. The lowest BCUT2D eigenvalue weighted by molar-refractivity contribution is -0.154. The van der Waals surface area contributed by atoms with Crippen LogP contribution in [0.25, 0.3) is 11.1 Å². The van der Waals surface area contributed by atoms with Crippen molar-refractivity contribution in [3.63, 3.8) is 0 Å². The van der Waals surface area contributed by atoms with Gasteiger partial charge in [0.15, 0.2) is 0 Å². The van der Waals surface area contributed by atoms with Gasteiger partial charge in [-0.1, -0.05) is 48.5 Å². The van der Waals surface area contributed by atoms with Gasteiger partial charge in [0.25, 0.3) is 0 Å². The third-order valence-electron chi connectivity index (χ3n) is 5.30. The first-order chi connectivity index (χ1) is 15.8. The summed E-state index contributed by atoms with van der Waals surface area (Å²) in [6.07, 6.45) is 3.24. The average Bonchev–Trinajstić information content (AvgIpc) is 3.10. The zero-order chi connectivity index (χ0) is 23.4. The Bertz CT molecular complexity index is 1110. The molecule has 0 unspecified atom stereocenters. The predicted molar refractivity (Wildman–Crippen MR) is 125 cm³/mol. The molecular weight excluding hydrogens is 418 g/mol. The number of carbonyl (C=O) groups is 2. The van der Waals surface area contributed by atoms with Crippen LogP contribution in [0.5, 0.6) is 0 Å². The van der Waals surface area contributed by atoms with Crippen molar-refractivity contribution < 1.29 is 19.1 Å². The lowest BCUT2D eigenvalue weighted by Crippen LogP contribution is -2.24. The maximum absolute atomic E-state index is 12.4. The highest BCUT2D eigenvalue weighted by molar-refractivity contribution is 5.83. The molecule has 0 fully saturated rings. The third-order valence-corrected chi connectivity index (χ3v) is 5.30. The Morgan fingerprint density at radius 1 is 0.939 bits per heavy atom. The van der Waals surface area contributed by atoms with Gasteiger partial charge >= 0.3 is 12.1 Å². The lowest BCUT2D eigenvalue weighted by atomic mass is 9.98. The maximum Gasteiger partial charge on any atom is 0.414 e. The molecule has 170 valence electrons. The van der Waals surface area contributed by atoms with E-state index in [9.17, 15) is 9.59 Å². The Labute approximate surface area is 193 Å². The molecule has 3 aromatic rings. The highest BCUT2D eigenvalue weighted by atomic mass is 16.6. The molecule has 7 nitrogen and oxygen atoms in total. The molecule has 7 heteroatoms. The predicted octanol–water partition coefficient (Wildman–Crippen LogP) is 5.11. The van der Waals surface area contributed by atoms with Crippen molar-refractivity contribution in [2.75, 3.05) is 11.9 Å². The smallest absolute Gasteiger partial charge is 0.414 e. The molecule has 0 radical (unpaired) electrons. The van der Waals surface area contributed by atoms with Crippen molar-refractivity contribution >= 4 is 18.0 Å². The number of carbonyl (C=O) groups excluding carboxylic acids is 2. The van der Waals surface area contributed by atoms with Gasteiger partial charge in [-0.15, -0.1) is 0 Å². The molecule has 0 bridgehead atoms. The number of anilines is 1. The summed E-state index contributed by atoms with van der Waals surface area (Å²) in [4.78, 5) is 32.5. The second-order valence-corrected chi connectivity index (χ2v) is 8.95. The number of nitrogens with one attached hydrogen (secondary N) is 1. The Morgan fingerprint density at radius 3 is 2.09 bits per heavy atom. The zero-order valence-corrected chi connectivity index (χ0v) is 19.0. The highest BCUT2D eigenvalue weighted by Gasteiger charge is 2.29. The Balaban J connectivity index is 1.30. The van der Waals surface area contributed by atoms with Crippen molar-refractivity contribution in [3.05, 3.63) is 77.6 Å². The fourth-order valence-electron chi connectivity index (χ4n) is 3.91. The Kier molecular flexibility index (Phi) is 6.40. The number of ether oxygens (including phenoxy) is 2. The number of aryl methyl sites for hydroxylation is 1. The first-order valence-corrected chi connectivity index (χ1v) is 10.9. The highest BCUT2D eigenvalue weighted by Crippen LogP contribution is 2.44. The normalized spacial score (nSPS) is 12.6. The second kappa shape index (κ2) is 9.40. The molecular formula is C26H27N3O4. The Hall–Kier alpha value is -3.74. The van der Waals surface area contributed by atoms with Crippen LogP contribution in [0.3, 0.4) is 0 Å². The SMILES string of the molecule is CC(C)(C)OC(=O)CCc1cnc(NC(=O)OCC2c3ccccc3-c3ccccc32)nc1. The Morgan fingerprint density at radius 2 is 1.52 bits per heavy atom. The van der Waals surface area contributed by atoms with Crippen LogP contribution in [0.4, 0.5) is 10.7 Å². The van der Waals surface area contributed by atoms with Crippen LogP contribution in [-0.4, -0.2) is 34.2 Å². The standard InChI is InChI=1S/C26H27N3O4/c1-26(2,3)33-23(30)13-12-17-14-27-24(28-15-17)29-25(31)32-16-22-20-10-6-4-8-18(20)19-9-5-7-11-21(19)22/h4-11,14-15,22H,12-13,16H2,1-3H3,(H,27,28,29,31). The number of hydrogen-bond donors (Lipinski definition) is 1. The van der Waals surface area contributed by atoms with E-state index in [0.717, 1.165) is 16.7 Å². The minimum absolute atomic E-state index is 0.0145. The zero-order valence-electron chi connectivity index (χ0n) is 19.0. The summed E-state index contributed by atoms with van der Waals surface area (Å²) in [6, 6.07) is 16.3. The van der Waals surface area contributed by atoms with E-state index in [2.05, 4.69) is 39.6 Å². The van der Waals surface area contributed by atoms with Gasteiger partial charge in [0.2, 0.25) is 5.95 Å². The third kappa shape index (κ3) is 5.55. The fourth-order valence-corrected chi connectivity index (χ4v) is 3.91. The van der Waals surface area contributed by atoms with Gasteiger partial charge in [0.05, 0.1) is 0 Å². The number of benzene rings is 2. The van der Waals surface area contributed by atoms with Gasteiger partial charge in [0.1, 0.15) is 12.2 Å². The van der Waals surface area contributed by atoms with Crippen LogP contribution in [0.15, 0.2) is 60.9 Å². The largest absolute Gasteiger partial charge is 0.460 e. The van der Waals surface area contributed by atoms with Crippen molar-refractivity contribution in [3.8, 4) is 11.1 Å². The van der Waals surface area contributed by atoms with Crippen molar-refractivity contribution in [2.45, 2.75) is 45.1 Å². The number of esters is 1. The van der Waals surface area contributed by atoms with Gasteiger partial charge in [-0.05, 0) is 55.0 Å². The van der Waals surface area contributed by atoms with Gasteiger partial charge in [-0.25, -0.2) is 14.8 Å². The van der Waals surface area contributed by atoms with E-state index in [4.69, 9.17) is 9.47 Å².